The van der Waals surface area contributed by atoms with E-state index in [1.54, 1.807) is 0 Å². The van der Waals surface area contributed by atoms with Crippen LogP contribution in [0.15, 0.2) is 48.5 Å². The molecule has 1 saturated heterocycles. The second kappa shape index (κ2) is 9.77. The first-order valence-electron chi connectivity index (χ1n) is 10.5. The van der Waals surface area contributed by atoms with E-state index < -0.39 is 6.10 Å². The van der Waals surface area contributed by atoms with Crippen LogP contribution in [0.2, 0.25) is 0 Å². The van der Waals surface area contributed by atoms with Gasteiger partial charge in [0, 0.05) is 18.8 Å². The molecule has 156 valence electrons. The zero-order chi connectivity index (χ0) is 20.8. The molecule has 1 N–H and O–H groups in total. The van der Waals surface area contributed by atoms with Crippen molar-refractivity contribution in [2.75, 3.05) is 18.0 Å². The summed E-state index contributed by atoms with van der Waals surface area (Å²) in [7, 11) is 0. The van der Waals surface area contributed by atoms with Gasteiger partial charge in [-0.3, -0.25) is 4.79 Å². The van der Waals surface area contributed by atoms with Crippen molar-refractivity contribution in [1.82, 2.24) is 5.32 Å². The zero-order valence-corrected chi connectivity index (χ0v) is 17.5. The fraction of sp³-hybridized carbons (Fsp3) is 0.458. The maximum absolute atomic E-state index is 13.1. The summed E-state index contributed by atoms with van der Waals surface area (Å²) in [5, 5.41) is 3.03. The fourth-order valence-corrected chi connectivity index (χ4v) is 3.79. The van der Waals surface area contributed by atoms with Crippen molar-refractivity contribution in [1.29, 1.82) is 0 Å². The van der Waals surface area contributed by atoms with E-state index in [2.05, 4.69) is 41.4 Å². The number of piperidine rings is 1. The first kappa shape index (κ1) is 21.2. The molecule has 0 spiro atoms. The summed E-state index contributed by atoms with van der Waals surface area (Å²) in [6.45, 7) is 8.38. The van der Waals surface area contributed by atoms with Crippen molar-refractivity contribution in [3.63, 3.8) is 0 Å². The standard InChI is InChI=1S/C24H31FN2O2/c1-4-23(29-22-13-9-20(25)10-14-22)24(28)26-18(3)19-7-11-21(12-8-19)27-15-5-6-17(2)16-27/h7-14,17-18,23H,4-6,15-16H2,1-3H3,(H,26,28)/t17-,18-,23-/m1/s1. The molecule has 0 unspecified atom stereocenters. The van der Waals surface area contributed by atoms with Gasteiger partial charge in [-0.2, -0.15) is 0 Å². The van der Waals surface area contributed by atoms with Gasteiger partial charge < -0.3 is 15.0 Å². The average Bonchev–Trinajstić information content (AvgIpc) is 2.73. The van der Waals surface area contributed by atoms with Gasteiger partial charge in [-0.15, -0.1) is 0 Å². The van der Waals surface area contributed by atoms with Gasteiger partial charge >= 0.3 is 0 Å². The Labute approximate surface area is 173 Å². The molecule has 5 heteroatoms. The van der Waals surface area contributed by atoms with Gasteiger partial charge in [-0.05, 0) is 74.1 Å². The number of rotatable bonds is 7. The van der Waals surface area contributed by atoms with E-state index in [-0.39, 0.29) is 17.8 Å². The lowest BCUT2D eigenvalue weighted by molar-refractivity contribution is -0.128. The van der Waals surface area contributed by atoms with Crippen LogP contribution in [0, 0.1) is 11.7 Å². The SMILES string of the molecule is CC[C@@H](Oc1ccc(F)cc1)C(=O)N[C@H](C)c1ccc(N2CCC[C@@H](C)C2)cc1. The number of hydrogen-bond donors (Lipinski definition) is 1. The van der Waals surface area contributed by atoms with Crippen LogP contribution in [0.3, 0.4) is 0 Å². The molecule has 0 bridgehead atoms. The minimum atomic E-state index is -0.614. The predicted octanol–water partition coefficient (Wildman–Crippen LogP) is 5.10. The predicted molar refractivity (Wildman–Crippen MR) is 115 cm³/mol. The second-order valence-corrected chi connectivity index (χ2v) is 7.98. The molecule has 29 heavy (non-hydrogen) atoms. The Kier molecular flexibility index (Phi) is 7.13. The molecule has 4 nitrogen and oxygen atoms in total. The van der Waals surface area contributed by atoms with Crippen molar-refractivity contribution in [2.45, 2.75) is 52.2 Å². The molecule has 2 aromatic rings. The van der Waals surface area contributed by atoms with Gasteiger partial charge in [0.15, 0.2) is 6.10 Å². The van der Waals surface area contributed by atoms with E-state index in [4.69, 9.17) is 4.74 Å². The van der Waals surface area contributed by atoms with E-state index in [9.17, 15) is 9.18 Å². The lowest BCUT2D eigenvalue weighted by Gasteiger charge is -2.33. The lowest BCUT2D eigenvalue weighted by Crippen LogP contribution is -2.39. The Hall–Kier alpha value is -2.56. The lowest BCUT2D eigenvalue weighted by atomic mass is 9.99. The highest BCUT2D eigenvalue weighted by Gasteiger charge is 2.21. The minimum absolute atomic E-state index is 0.123. The van der Waals surface area contributed by atoms with Crippen molar-refractivity contribution in [3.05, 3.63) is 59.9 Å². The van der Waals surface area contributed by atoms with E-state index in [1.807, 2.05) is 13.8 Å². The van der Waals surface area contributed by atoms with E-state index >= 15 is 0 Å². The third-order valence-corrected chi connectivity index (χ3v) is 5.53. The normalized spacial score (nSPS) is 18.8. The van der Waals surface area contributed by atoms with Gasteiger partial charge in [-0.25, -0.2) is 4.39 Å². The maximum Gasteiger partial charge on any atom is 0.261 e. The number of benzene rings is 2. The van der Waals surface area contributed by atoms with E-state index in [1.165, 1.54) is 42.8 Å². The molecule has 1 aliphatic rings. The number of hydrogen-bond acceptors (Lipinski definition) is 3. The average molecular weight is 399 g/mol. The molecule has 0 aliphatic carbocycles. The molecular weight excluding hydrogens is 367 g/mol. The number of carbonyl (C=O) groups excluding carboxylic acids is 1. The monoisotopic (exact) mass is 398 g/mol. The van der Waals surface area contributed by atoms with Crippen molar-refractivity contribution < 1.29 is 13.9 Å². The van der Waals surface area contributed by atoms with E-state index in [0.29, 0.717) is 12.2 Å². The second-order valence-electron chi connectivity index (χ2n) is 7.98. The highest BCUT2D eigenvalue weighted by molar-refractivity contribution is 5.81. The third-order valence-electron chi connectivity index (χ3n) is 5.53. The van der Waals surface area contributed by atoms with Crippen LogP contribution < -0.4 is 15.0 Å². The Balaban J connectivity index is 1.58. The van der Waals surface area contributed by atoms with Gasteiger partial charge in [0.25, 0.3) is 5.91 Å². The van der Waals surface area contributed by atoms with Crippen LogP contribution in [0.1, 0.15) is 51.6 Å². The number of carbonyl (C=O) groups is 1. The largest absolute Gasteiger partial charge is 0.481 e. The molecule has 1 aliphatic heterocycles. The van der Waals surface area contributed by atoms with Crippen LogP contribution in [-0.2, 0) is 4.79 Å². The number of ether oxygens (including phenoxy) is 1. The summed E-state index contributed by atoms with van der Waals surface area (Å²) >= 11 is 0. The Morgan fingerprint density at radius 3 is 2.52 bits per heavy atom. The van der Waals surface area contributed by atoms with Crippen LogP contribution in [-0.4, -0.2) is 25.1 Å². The van der Waals surface area contributed by atoms with Crippen molar-refractivity contribution in [2.24, 2.45) is 5.92 Å². The fourth-order valence-electron chi connectivity index (χ4n) is 3.79. The summed E-state index contributed by atoms with van der Waals surface area (Å²) in [4.78, 5) is 15.1. The smallest absolute Gasteiger partial charge is 0.261 e. The minimum Gasteiger partial charge on any atom is -0.481 e. The van der Waals surface area contributed by atoms with Crippen LogP contribution in [0.25, 0.3) is 0 Å². The van der Waals surface area contributed by atoms with E-state index in [0.717, 1.165) is 24.6 Å². The van der Waals surface area contributed by atoms with Gasteiger partial charge in [0.1, 0.15) is 11.6 Å². The maximum atomic E-state index is 13.1. The first-order valence-corrected chi connectivity index (χ1v) is 10.5. The Morgan fingerprint density at radius 2 is 1.90 bits per heavy atom. The summed E-state index contributed by atoms with van der Waals surface area (Å²) in [5.74, 6) is 0.721. The summed E-state index contributed by atoms with van der Waals surface area (Å²) in [5.41, 5.74) is 2.30. The number of anilines is 1. The molecule has 3 rings (SSSR count). The molecule has 1 amide bonds. The number of nitrogens with zero attached hydrogens (tertiary/aromatic N) is 1. The Morgan fingerprint density at radius 1 is 1.21 bits per heavy atom. The number of amides is 1. The Bertz CT molecular complexity index is 792. The van der Waals surface area contributed by atoms with Gasteiger partial charge in [0.2, 0.25) is 0 Å². The summed E-state index contributed by atoms with van der Waals surface area (Å²) in [6.07, 6.45) is 2.46. The van der Waals surface area contributed by atoms with Gasteiger partial charge in [-0.1, -0.05) is 26.0 Å². The highest BCUT2D eigenvalue weighted by atomic mass is 19.1. The molecule has 0 aromatic heterocycles. The third kappa shape index (κ3) is 5.72. The number of halogens is 1. The van der Waals surface area contributed by atoms with Crippen molar-refractivity contribution in [3.8, 4) is 5.75 Å². The molecule has 2 aromatic carbocycles. The number of nitrogens with one attached hydrogen (secondary N) is 1. The molecule has 0 radical (unpaired) electrons. The summed E-state index contributed by atoms with van der Waals surface area (Å²) in [6, 6.07) is 14.1. The summed E-state index contributed by atoms with van der Waals surface area (Å²) < 4.78 is 18.8. The molecule has 1 fully saturated rings. The highest BCUT2D eigenvalue weighted by Crippen LogP contribution is 2.25. The molecule has 0 saturated carbocycles. The quantitative estimate of drug-likeness (QED) is 0.706. The molecule has 1 heterocycles. The first-order chi connectivity index (χ1) is 14.0. The topological polar surface area (TPSA) is 41.6 Å². The van der Waals surface area contributed by atoms with Crippen LogP contribution in [0.4, 0.5) is 10.1 Å². The molecule has 3 atom stereocenters. The zero-order valence-electron chi connectivity index (χ0n) is 17.5. The van der Waals surface area contributed by atoms with Crippen LogP contribution >= 0.6 is 0 Å². The van der Waals surface area contributed by atoms with Gasteiger partial charge in [0.05, 0.1) is 6.04 Å². The van der Waals surface area contributed by atoms with Crippen LogP contribution in [0.5, 0.6) is 5.75 Å². The van der Waals surface area contributed by atoms with Crippen molar-refractivity contribution >= 4 is 11.6 Å². The molecular formula is C24H31FN2O2.